The molecule has 0 aromatic heterocycles. The normalized spacial score (nSPS) is 19.2. The molecule has 1 aliphatic heterocycles. The van der Waals surface area contributed by atoms with Gasteiger partial charge in [-0.05, 0) is 50.4 Å². The second-order valence-electron chi connectivity index (χ2n) is 5.62. The van der Waals surface area contributed by atoms with E-state index in [4.69, 9.17) is 0 Å². The molecule has 1 fully saturated rings. The summed E-state index contributed by atoms with van der Waals surface area (Å²) in [6.07, 6.45) is 2.47. The van der Waals surface area contributed by atoms with E-state index < -0.39 is 12.0 Å². The highest BCUT2D eigenvalue weighted by atomic mass is 16.4. The second-order valence-corrected chi connectivity index (χ2v) is 5.62. The largest absolute Gasteiger partial charge is 0.480 e. The highest BCUT2D eigenvalue weighted by molar-refractivity contribution is 5.93. The fourth-order valence-electron chi connectivity index (χ4n) is 2.72. The third-order valence-electron chi connectivity index (χ3n) is 4.12. The van der Waals surface area contributed by atoms with Gasteiger partial charge in [-0.25, -0.2) is 0 Å². The molecule has 0 bridgehead atoms. The lowest BCUT2D eigenvalue weighted by molar-refractivity contribution is -0.145. The summed E-state index contributed by atoms with van der Waals surface area (Å²) in [5.74, 6) is -0.994. The van der Waals surface area contributed by atoms with Crippen LogP contribution in [0.4, 0.5) is 5.69 Å². The maximum Gasteiger partial charge on any atom is 0.320 e. The Hall–Kier alpha value is -1.88. The van der Waals surface area contributed by atoms with Crippen molar-refractivity contribution in [3.63, 3.8) is 0 Å². The van der Waals surface area contributed by atoms with Gasteiger partial charge in [-0.2, -0.15) is 0 Å². The van der Waals surface area contributed by atoms with Crippen molar-refractivity contribution in [1.82, 2.24) is 4.90 Å². The number of aryl methyl sites for hydroxylation is 1. The van der Waals surface area contributed by atoms with E-state index in [1.54, 1.807) is 4.90 Å². The van der Waals surface area contributed by atoms with Crippen LogP contribution in [-0.2, 0) is 9.59 Å². The number of nitrogens with zero attached hydrogens (tertiary/aromatic N) is 1. The summed E-state index contributed by atoms with van der Waals surface area (Å²) in [6, 6.07) is 5.23. The second kappa shape index (κ2) is 6.72. The van der Waals surface area contributed by atoms with Crippen molar-refractivity contribution in [2.75, 3.05) is 18.4 Å². The van der Waals surface area contributed by atoms with Crippen molar-refractivity contribution in [3.05, 3.63) is 29.3 Å². The number of hydrogen-bond acceptors (Lipinski definition) is 3. The predicted molar refractivity (Wildman–Crippen MR) is 81.4 cm³/mol. The summed E-state index contributed by atoms with van der Waals surface area (Å²) in [4.78, 5) is 25.2. The topological polar surface area (TPSA) is 69.6 Å². The van der Waals surface area contributed by atoms with Crippen LogP contribution in [0.3, 0.4) is 0 Å². The molecule has 0 aliphatic carbocycles. The van der Waals surface area contributed by atoms with Gasteiger partial charge < -0.3 is 10.4 Å². The van der Waals surface area contributed by atoms with Crippen molar-refractivity contribution in [2.24, 2.45) is 0 Å². The summed E-state index contributed by atoms with van der Waals surface area (Å²) in [5, 5.41) is 12.1. The van der Waals surface area contributed by atoms with E-state index >= 15 is 0 Å². The Morgan fingerprint density at radius 2 is 2.10 bits per heavy atom. The van der Waals surface area contributed by atoms with Crippen molar-refractivity contribution in [1.29, 1.82) is 0 Å². The smallest absolute Gasteiger partial charge is 0.320 e. The minimum absolute atomic E-state index is 0.129. The van der Waals surface area contributed by atoms with E-state index in [0.717, 1.165) is 29.7 Å². The van der Waals surface area contributed by atoms with E-state index in [1.807, 2.05) is 32.0 Å². The summed E-state index contributed by atoms with van der Waals surface area (Å²) in [5.41, 5.74) is 2.96. The number of hydrogen-bond donors (Lipinski definition) is 2. The number of aliphatic carboxylic acids is 1. The molecule has 0 saturated carbocycles. The Morgan fingerprint density at radius 3 is 2.81 bits per heavy atom. The summed E-state index contributed by atoms with van der Waals surface area (Å²) < 4.78 is 0. The third-order valence-corrected chi connectivity index (χ3v) is 4.12. The number of amides is 1. The molecule has 2 N–H and O–H groups in total. The van der Waals surface area contributed by atoms with E-state index in [1.165, 1.54) is 0 Å². The number of carboxylic acid groups (broad SMARTS) is 1. The zero-order valence-corrected chi connectivity index (χ0v) is 12.6. The molecule has 21 heavy (non-hydrogen) atoms. The van der Waals surface area contributed by atoms with Crippen molar-refractivity contribution in [3.8, 4) is 0 Å². The van der Waals surface area contributed by atoms with Gasteiger partial charge in [0.1, 0.15) is 6.04 Å². The Kier molecular flexibility index (Phi) is 4.96. The average Bonchev–Trinajstić information content (AvgIpc) is 2.44. The monoisotopic (exact) mass is 290 g/mol. The first-order valence-corrected chi connectivity index (χ1v) is 7.32. The van der Waals surface area contributed by atoms with Crippen LogP contribution in [-0.4, -0.2) is 41.0 Å². The van der Waals surface area contributed by atoms with Gasteiger partial charge in [0, 0.05) is 5.69 Å². The van der Waals surface area contributed by atoms with E-state index in [0.29, 0.717) is 13.0 Å². The predicted octanol–water partition coefficient (Wildman–Crippen LogP) is 2.18. The first-order valence-electron chi connectivity index (χ1n) is 7.32. The van der Waals surface area contributed by atoms with Gasteiger partial charge in [0.25, 0.3) is 0 Å². The molecular weight excluding hydrogens is 268 g/mol. The minimum Gasteiger partial charge on any atom is -0.480 e. The van der Waals surface area contributed by atoms with Crippen LogP contribution in [0.2, 0.25) is 0 Å². The zero-order valence-electron chi connectivity index (χ0n) is 12.6. The molecule has 1 heterocycles. The van der Waals surface area contributed by atoms with Gasteiger partial charge in [-0.15, -0.1) is 0 Å². The molecule has 1 saturated heterocycles. The average molecular weight is 290 g/mol. The van der Waals surface area contributed by atoms with E-state index in [2.05, 4.69) is 5.32 Å². The lowest BCUT2D eigenvalue weighted by atomic mass is 10.0. The van der Waals surface area contributed by atoms with Gasteiger partial charge in [0.2, 0.25) is 5.91 Å². The molecule has 1 aliphatic rings. The molecule has 1 atom stereocenters. The quantitative estimate of drug-likeness (QED) is 0.891. The molecule has 5 heteroatoms. The number of piperidine rings is 1. The minimum atomic E-state index is -0.839. The fraction of sp³-hybridized carbons (Fsp3) is 0.500. The van der Waals surface area contributed by atoms with Gasteiger partial charge in [0.15, 0.2) is 0 Å². The Morgan fingerprint density at radius 1 is 1.33 bits per heavy atom. The Balaban J connectivity index is 2.00. The fourth-order valence-corrected chi connectivity index (χ4v) is 2.72. The number of rotatable bonds is 4. The van der Waals surface area contributed by atoms with Crippen molar-refractivity contribution >= 4 is 17.6 Å². The van der Waals surface area contributed by atoms with E-state index in [9.17, 15) is 14.7 Å². The van der Waals surface area contributed by atoms with Crippen LogP contribution in [0, 0.1) is 13.8 Å². The lowest BCUT2D eigenvalue weighted by Crippen LogP contribution is -2.47. The van der Waals surface area contributed by atoms with Crippen molar-refractivity contribution in [2.45, 2.75) is 39.2 Å². The Labute approximate surface area is 125 Å². The van der Waals surface area contributed by atoms with E-state index in [-0.39, 0.29) is 12.5 Å². The number of benzene rings is 1. The number of carbonyl (C=O) groups is 2. The molecular formula is C16H22N2O3. The van der Waals surface area contributed by atoms with Crippen molar-refractivity contribution < 1.29 is 14.7 Å². The van der Waals surface area contributed by atoms with Gasteiger partial charge >= 0.3 is 5.97 Å². The molecule has 0 spiro atoms. The molecule has 1 aromatic carbocycles. The standard InChI is InChI=1S/C16H22N2O3/c1-11-6-5-7-13(12(11)2)17-15(19)10-18-9-4-3-8-14(18)16(20)21/h5-7,14H,3-4,8-10H2,1-2H3,(H,17,19)(H,20,21). The van der Waals surface area contributed by atoms with Gasteiger partial charge in [0.05, 0.1) is 6.54 Å². The Bertz CT molecular complexity index is 542. The zero-order chi connectivity index (χ0) is 15.4. The number of carbonyl (C=O) groups excluding carboxylic acids is 1. The SMILES string of the molecule is Cc1cccc(NC(=O)CN2CCCCC2C(=O)O)c1C. The maximum atomic E-state index is 12.2. The number of carboxylic acids is 1. The summed E-state index contributed by atoms with van der Waals surface area (Å²) >= 11 is 0. The van der Waals surface area contributed by atoms with Gasteiger partial charge in [-0.3, -0.25) is 14.5 Å². The molecule has 0 radical (unpaired) electrons. The maximum absolute atomic E-state index is 12.2. The number of nitrogens with one attached hydrogen (secondary N) is 1. The molecule has 1 amide bonds. The van der Waals surface area contributed by atoms with Crippen LogP contribution in [0.5, 0.6) is 0 Å². The van der Waals surface area contributed by atoms with Crippen LogP contribution in [0.1, 0.15) is 30.4 Å². The first-order chi connectivity index (χ1) is 9.99. The summed E-state index contributed by atoms with van der Waals surface area (Å²) in [6.45, 7) is 4.75. The molecule has 5 nitrogen and oxygen atoms in total. The molecule has 114 valence electrons. The molecule has 1 unspecified atom stereocenters. The first kappa shape index (κ1) is 15.5. The van der Waals surface area contributed by atoms with Crippen LogP contribution in [0.15, 0.2) is 18.2 Å². The highest BCUT2D eigenvalue weighted by Gasteiger charge is 2.29. The van der Waals surface area contributed by atoms with Crippen LogP contribution >= 0.6 is 0 Å². The number of likely N-dealkylation sites (tertiary alicyclic amines) is 1. The molecule has 1 aromatic rings. The third kappa shape index (κ3) is 3.82. The highest BCUT2D eigenvalue weighted by Crippen LogP contribution is 2.19. The number of anilines is 1. The van der Waals surface area contributed by atoms with Gasteiger partial charge in [-0.1, -0.05) is 18.6 Å². The van der Waals surface area contributed by atoms with Crippen LogP contribution in [0.25, 0.3) is 0 Å². The summed E-state index contributed by atoms with van der Waals surface area (Å²) in [7, 11) is 0. The van der Waals surface area contributed by atoms with Crippen LogP contribution < -0.4 is 5.32 Å². The molecule has 2 rings (SSSR count). The lowest BCUT2D eigenvalue weighted by Gasteiger charge is -2.32.